The summed E-state index contributed by atoms with van der Waals surface area (Å²) in [6, 6.07) is 0. The summed E-state index contributed by atoms with van der Waals surface area (Å²) < 4.78 is 0. The lowest BCUT2D eigenvalue weighted by Crippen LogP contribution is -2.53. The van der Waals surface area contributed by atoms with Gasteiger partial charge in [-0.05, 0) is 116 Å². The molecule has 0 aromatic heterocycles. The molecule has 4 fully saturated rings. The summed E-state index contributed by atoms with van der Waals surface area (Å²) in [6.07, 6.45) is 18.1. The first-order valence-electron chi connectivity index (χ1n) is 12.8. The summed E-state index contributed by atoms with van der Waals surface area (Å²) in [7, 11) is 0. The van der Waals surface area contributed by atoms with Crippen molar-refractivity contribution in [1.82, 2.24) is 0 Å². The van der Waals surface area contributed by atoms with Gasteiger partial charge in [0.1, 0.15) is 0 Å². The smallest absolute Gasteiger partial charge is 0.0543 e. The third-order valence-electron chi connectivity index (χ3n) is 10.6. The Morgan fingerprint density at radius 1 is 0.821 bits per heavy atom. The highest BCUT2D eigenvalue weighted by Gasteiger charge is 2.59. The van der Waals surface area contributed by atoms with Crippen molar-refractivity contribution in [3.63, 3.8) is 0 Å². The largest absolute Gasteiger partial charge is 0.393 e. The maximum atomic E-state index is 10.2. The highest BCUT2D eigenvalue weighted by molar-refractivity contribution is 5.09. The third kappa shape index (κ3) is 3.72. The van der Waals surface area contributed by atoms with Crippen LogP contribution in [0.1, 0.15) is 118 Å². The minimum Gasteiger partial charge on any atom is -0.393 e. The lowest BCUT2D eigenvalue weighted by Gasteiger charge is -2.61. The first-order valence-corrected chi connectivity index (χ1v) is 12.8. The molecule has 1 heteroatoms. The minimum absolute atomic E-state index is 0.00700. The van der Waals surface area contributed by atoms with E-state index in [2.05, 4.69) is 34.6 Å². The molecule has 0 aliphatic heterocycles. The van der Waals surface area contributed by atoms with Crippen LogP contribution in [0.15, 0.2) is 0 Å². The van der Waals surface area contributed by atoms with Crippen molar-refractivity contribution in [3.8, 4) is 0 Å². The number of aliphatic hydroxyl groups excluding tert-OH is 1. The quantitative estimate of drug-likeness (QED) is 0.491. The van der Waals surface area contributed by atoms with E-state index >= 15 is 0 Å². The summed E-state index contributed by atoms with van der Waals surface area (Å²) in [5, 5.41) is 10.2. The second-order valence-corrected chi connectivity index (χ2v) is 13.2. The Morgan fingerprint density at radius 2 is 1.54 bits per heavy atom. The molecule has 0 bridgehead atoms. The van der Waals surface area contributed by atoms with Gasteiger partial charge in [0.2, 0.25) is 0 Å². The molecular weight excluding hydrogens is 340 g/mol. The van der Waals surface area contributed by atoms with Gasteiger partial charge in [-0.1, -0.05) is 47.5 Å². The zero-order chi connectivity index (χ0) is 20.2. The van der Waals surface area contributed by atoms with Gasteiger partial charge in [-0.25, -0.2) is 0 Å². The summed E-state index contributed by atoms with van der Waals surface area (Å²) in [5.41, 5.74) is 1.68. The molecule has 0 amide bonds. The van der Waals surface area contributed by atoms with Crippen LogP contribution in [0.2, 0.25) is 0 Å². The van der Waals surface area contributed by atoms with E-state index in [1.807, 2.05) is 0 Å². The van der Waals surface area contributed by atoms with Crippen molar-refractivity contribution in [2.24, 2.45) is 45.8 Å². The lowest BCUT2D eigenvalue weighted by molar-refractivity contribution is -0.127. The zero-order valence-corrected chi connectivity index (χ0v) is 19.6. The molecule has 0 radical (unpaired) electrons. The average molecular weight is 389 g/mol. The van der Waals surface area contributed by atoms with Crippen LogP contribution < -0.4 is 0 Å². The number of aliphatic hydroxyl groups is 1. The third-order valence-corrected chi connectivity index (χ3v) is 10.6. The Morgan fingerprint density at radius 3 is 2.29 bits per heavy atom. The lowest BCUT2D eigenvalue weighted by atomic mass is 9.44. The van der Waals surface area contributed by atoms with E-state index in [9.17, 15) is 5.11 Å². The Balaban J connectivity index is 1.41. The van der Waals surface area contributed by atoms with Crippen LogP contribution in [0.25, 0.3) is 0 Å². The molecule has 4 aliphatic rings. The van der Waals surface area contributed by atoms with Gasteiger partial charge in [0, 0.05) is 0 Å². The fourth-order valence-corrected chi connectivity index (χ4v) is 8.86. The van der Waals surface area contributed by atoms with Crippen LogP contribution in [0.4, 0.5) is 0 Å². The molecule has 28 heavy (non-hydrogen) atoms. The molecule has 0 aromatic rings. The van der Waals surface area contributed by atoms with Gasteiger partial charge in [-0.2, -0.15) is 0 Å². The fraction of sp³-hybridized carbons (Fsp3) is 1.00. The molecule has 162 valence electrons. The van der Waals surface area contributed by atoms with Gasteiger partial charge in [0.05, 0.1) is 6.10 Å². The van der Waals surface area contributed by atoms with E-state index in [0.717, 1.165) is 42.4 Å². The van der Waals surface area contributed by atoms with Crippen LogP contribution in [-0.4, -0.2) is 11.2 Å². The van der Waals surface area contributed by atoms with Gasteiger partial charge in [0.15, 0.2) is 0 Å². The van der Waals surface area contributed by atoms with Crippen molar-refractivity contribution < 1.29 is 5.11 Å². The minimum atomic E-state index is -0.00700. The molecular formula is C27H48O. The van der Waals surface area contributed by atoms with Crippen molar-refractivity contribution in [3.05, 3.63) is 0 Å². The Labute approximate surface area is 175 Å². The SMILES string of the molecule is CC(C)(C)CCCC[C@H]1CCC2C3CC[C@@H]4C[C@@H](O)CCC4(C)C3CC[C@@]21C. The predicted molar refractivity (Wildman–Crippen MR) is 119 cm³/mol. The number of hydrogen-bond donors (Lipinski definition) is 1. The van der Waals surface area contributed by atoms with Gasteiger partial charge >= 0.3 is 0 Å². The van der Waals surface area contributed by atoms with E-state index < -0.39 is 0 Å². The van der Waals surface area contributed by atoms with Crippen molar-refractivity contribution in [2.75, 3.05) is 0 Å². The molecule has 1 N–H and O–H groups in total. The van der Waals surface area contributed by atoms with Gasteiger partial charge in [0.25, 0.3) is 0 Å². The van der Waals surface area contributed by atoms with Crippen LogP contribution in [-0.2, 0) is 0 Å². The molecule has 0 saturated heterocycles. The normalized spacial score (nSPS) is 48.6. The summed E-state index contributed by atoms with van der Waals surface area (Å²) in [5.74, 6) is 4.75. The van der Waals surface area contributed by atoms with Gasteiger partial charge in [-0.3, -0.25) is 0 Å². The Bertz CT molecular complexity index is 547. The van der Waals surface area contributed by atoms with E-state index in [0.29, 0.717) is 16.2 Å². The van der Waals surface area contributed by atoms with Crippen LogP contribution in [0.5, 0.6) is 0 Å². The molecule has 0 spiro atoms. The average Bonchev–Trinajstić information content (AvgIpc) is 2.95. The molecule has 4 aliphatic carbocycles. The maximum Gasteiger partial charge on any atom is 0.0543 e. The first kappa shape index (κ1) is 21.2. The van der Waals surface area contributed by atoms with E-state index in [4.69, 9.17) is 0 Å². The molecule has 4 saturated carbocycles. The standard InChI is InChI=1S/C27H48O/c1-25(2,3)15-7-6-8-19-10-12-23-22-11-9-20-18-21(28)13-16-27(20,5)24(22)14-17-26(19,23)4/h19-24,28H,6-18H2,1-5H3/t19-,20+,21-,22?,23?,24?,26+,27?/m0/s1. The zero-order valence-electron chi connectivity index (χ0n) is 19.6. The number of rotatable bonds is 4. The van der Waals surface area contributed by atoms with Gasteiger partial charge < -0.3 is 5.11 Å². The second-order valence-electron chi connectivity index (χ2n) is 13.2. The first-order chi connectivity index (χ1) is 13.1. The predicted octanol–water partition coefficient (Wildman–Crippen LogP) is 7.61. The molecule has 4 unspecified atom stereocenters. The number of hydrogen-bond acceptors (Lipinski definition) is 1. The summed E-state index contributed by atoms with van der Waals surface area (Å²) in [6.45, 7) is 12.5. The maximum absolute atomic E-state index is 10.2. The second kappa shape index (κ2) is 7.58. The topological polar surface area (TPSA) is 20.2 Å². The molecule has 0 aromatic carbocycles. The summed E-state index contributed by atoms with van der Waals surface area (Å²) >= 11 is 0. The van der Waals surface area contributed by atoms with Crippen molar-refractivity contribution in [2.45, 2.75) is 124 Å². The van der Waals surface area contributed by atoms with Crippen LogP contribution in [0.3, 0.4) is 0 Å². The Kier molecular flexibility index (Phi) is 5.74. The summed E-state index contributed by atoms with van der Waals surface area (Å²) in [4.78, 5) is 0. The van der Waals surface area contributed by atoms with Crippen molar-refractivity contribution in [1.29, 1.82) is 0 Å². The van der Waals surface area contributed by atoms with Crippen molar-refractivity contribution >= 4 is 0 Å². The van der Waals surface area contributed by atoms with E-state index in [1.165, 1.54) is 70.6 Å². The molecule has 4 rings (SSSR count). The molecule has 0 heterocycles. The number of fused-ring (bicyclic) bond motifs is 5. The number of unbranched alkanes of at least 4 members (excludes halogenated alkanes) is 1. The van der Waals surface area contributed by atoms with E-state index in [1.54, 1.807) is 0 Å². The Hall–Kier alpha value is -0.0400. The van der Waals surface area contributed by atoms with Crippen LogP contribution >= 0.6 is 0 Å². The molecule has 8 atom stereocenters. The highest BCUT2D eigenvalue weighted by Crippen LogP contribution is 2.67. The van der Waals surface area contributed by atoms with E-state index in [-0.39, 0.29) is 6.10 Å². The highest BCUT2D eigenvalue weighted by atomic mass is 16.3. The fourth-order valence-electron chi connectivity index (χ4n) is 8.86. The molecule has 1 nitrogen and oxygen atoms in total. The van der Waals surface area contributed by atoms with Gasteiger partial charge in [-0.15, -0.1) is 0 Å². The van der Waals surface area contributed by atoms with Crippen LogP contribution in [0, 0.1) is 45.8 Å². The monoisotopic (exact) mass is 388 g/mol.